The first-order chi connectivity index (χ1) is 8.08. The highest BCUT2D eigenvalue weighted by Crippen LogP contribution is 2.31. The molecule has 1 unspecified atom stereocenters. The maximum Gasteiger partial charge on any atom is 0.0701 e. The van der Waals surface area contributed by atoms with Crippen LogP contribution in [0.1, 0.15) is 16.5 Å². The molecule has 0 bridgehead atoms. The van der Waals surface area contributed by atoms with Gasteiger partial charge >= 0.3 is 0 Å². The van der Waals surface area contributed by atoms with Gasteiger partial charge in [-0.05, 0) is 46.1 Å². The molecule has 1 aromatic heterocycles. The number of thiophene rings is 1. The van der Waals surface area contributed by atoms with Gasteiger partial charge in [-0.2, -0.15) is 0 Å². The van der Waals surface area contributed by atoms with E-state index >= 15 is 0 Å². The van der Waals surface area contributed by atoms with Gasteiger partial charge < -0.3 is 5.73 Å². The normalized spacial score (nSPS) is 12.7. The van der Waals surface area contributed by atoms with Crippen molar-refractivity contribution >= 4 is 50.5 Å². The maximum atomic E-state index is 6.15. The number of halogens is 3. The summed E-state index contributed by atoms with van der Waals surface area (Å²) in [7, 11) is 0. The Morgan fingerprint density at radius 2 is 2.00 bits per heavy atom. The molecule has 2 aromatic rings. The molecule has 1 heterocycles. The molecule has 2 rings (SSSR count). The predicted octanol–water partition coefficient (Wildman–Crippen LogP) is 5.06. The molecule has 0 radical (unpaired) electrons. The van der Waals surface area contributed by atoms with E-state index in [1.165, 1.54) is 0 Å². The molecule has 0 amide bonds. The summed E-state index contributed by atoms with van der Waals surface area (Å²) in [5.41, 5.74) is 7.13. The van der Waals surface area contributed by atoms with Gasteiger partial charge in [0.2, 0.25) is 0 Å². The third-order valence-electron chi connectivity index (χ3n) is 2.43. The minimum Gasteiger partial charge on any atom is -0.323 e. The van der Waals surface area contributed by atoms with Crippen LogP contribution < -0.4 is 5.73 Å². The largest absolute Gasteiger partial charge is 0.323 e. The van der Waals surface area contributed by atoms with Crippen LogP contribution in [0, 0.1) is 0 Å². The van der Waals surface area contributed by atoms with E-state index in [2.05, 4.69) is 15.9 Å². The SMILES string of the molecule is NC(Cc1cccc(Cl)c1Cl)c1ccc(Br)s1. The second-order valence-electron chi connectivity index (χ2n) is 3.67. The van der Waals surface area contributed by atoms with E-state index < -0.39 is 0 Å². The van der Waals surface area contributed by atoms with Crippen LogP contribution in [-0.4, -0.2) is 0 Å². The summed E-state index contributed by atoms with van der Waals surface area (Å²) < 4.78 is 1.08. The van der Waals surface area contributed by atoms with Crippen LogP contribution >= 0.6 is 50.5 Å². The fourth-order valence-corrected chi connectivity index (χ4v) is 3.39. The molecule has 0 aliphatic rings. The molecule has 1 aromatic carbocycles. The van der Waals surface area contributed by atoms with Gasteiger partial charge in [0.1, 0.15) is 0 Å². The highest BCUT2D eigenvalue weighted by Gasteiger charge is 2.12. The van der Waals surface area contributed by atoms with Crippen LogP contribution in [0.2, 0.25) is 10.0 Å². The molecule has 0 aliphatic heterocycles. The minimum absolute atomic E-state index is 0.0535. The fourth-order valence-electron chi connectivity index (χ4n) is 1.57. The second kappa shape index (κ2) is 5.72. The molecule has 17 heavy (non-hydrogen) atoms. The maximum absolute atomic E-state index is 6.15. The molecule has 0 spiro atoms. The van der Waals surface area contributed by atoms with Gasteiger partial charge in [-0.1, -0.05) is 35.3 Å². The van der Waals surface area contributed by atoms with Gasteiger partial charge in [-0.25, -0.2) is 0 Å². The molecule has 90 valence electrons. The van der Waals surface area contributed by atoms with E-state index in [0.717, 1.165) is 14.2 Å². The topological polar surface area (TPSA) is 26.0 Å². The van der Waals surface area contributed by atoms with E-state index in [1.807, 2.05) is 24.3 Å². The Morgan fingerprint density at radius 1 is 1.24 bits per heavy atom. The zero-order valence-corrected chi connectivity index (χ0v) is 12.7. The highest BCUT2D eigenvalue weighted by atomic mass is 79.9. The summed E-state index contributed by atoms with van der Waals surface area (Å²) in [6.45, 7) is 0. The smallest absolute Gasteiger partial charge is 0.0701 e. The minimum atomic E-state index is -0.0535. The fraction of sp³-hybridized carbons (Fsp3) is 0.167. The summed E-state index contributed by atoms with van der Waals surface area (Å²) in [6, 6.07) is 9.59. The zero-order chi connectivity index (χ0) is 12.4. The number of benzene rings is 1. The van der Waals surface area contributed by atoms with Crippen molar-refractivity contribution in [3.8, 4) is 0 Å². The summed E-state index contributed by atoms with van der Waals surface area (Å²) >= 11 is 17.2. The molecule has 0 fully saturated rings. The molecular formula is C12H10BrCl2NS. The van der Waals surface area contributed by atoms with Crippen LogP contribution in [0.3, 0.4) is 0 Å². The van der Waals surface area contributed by atoms with Gasteiger partial charge in [0.05, 0.1) is 13.8 Å². The summed E-state index contributed by atoms with van der Waals surface area (Å²) in [5.74, 6) is 0. The monoisotopic (exact) mass is 349 g/mol. The first kappa shape index (κ1) is 13.4. The molecule has 0 aliphatic carbocycles. The van der Waals surface area contributed by atoms with Crippen molar-refractivity contribution in [3.63, 3.8) is 0 Å². The molecule has 1 atom stereocenters. The lowest BCUT2D eigenvalue weighted by molar-refractivity contribution is 0.737. The van der Waals surface area contributed by atoms with Gasteiger partial charge in [0, 0.05) is 10.9 Å². The van der Waals surface area contributed by atoms with Crippen molar-refractivity contribution in [3.05, 3.63) is 54.6 Å². The molecule has 2 N–H and O–H groups in total. The zero-order valence-electron chi connectivity index (χ0n) is 8.79. The number of hydrogen-bond donors (Lipinski definition) is 1. The number of nitrogens with two attached hydrogens (primary N) is 1. The molecule has 0 saturated heterocycles. The van der Waals surface area contributed by atoms with Crippen LogP contribution in [-0.2, 0) is 6.42 Å². The second-order valence-corrected chi connectivity index (χ2v) is 6.95. The first-order valence-electron chi connectivity index (χ1n) is 5.01. The van der Waals surface area contributed by atoms with E-state index in [9.17, 15) is 0 Å². The Morgan fingerprint density at radius 3 is 2.65 bits per heavy atom. The average Bonchev–Trinajstić information content (AvgIpc) is 2.72. The Hall–Kier alpha value is -0.0600. The Labute approximate surface area is 123 Å². The Kier molecular flexibility index (Phi) is 4.50. The van der Waals surface area contributed by atoms with Gasteiger partial charge in [0.25, 0.3) is 0 Å². The quantitative estimate of drug-likeness (QED) is 0.822. The average molecular weight is 351 g/mol. The van der Waals surface area contributed by atoms with Gasteiger partial charge in [-0.15, -0.1) is 11.3 Å². The van der Waals surface area contributed by atoms with Crippen molar-refractivity contribution in [1.29, 1.82) is 0 Å². The van der Waals surface area contributed by atoms with Crippen molar-refractivity contribution in [1.82, 2.24) is 0 Å². The van der Waals surface area contributed by atoms with Crippen molar-refractivity contribution < 1.29 is 0 Å². The lowest BCUT2D eigenvalue weighted by atomic mass is 10.1. The summed E-state index contributed by atoms with van der Waals surface area (Å²) in [4.78, 5) is 1.13. The lowest BCUT2D eigenvalue weighted by Crippen LogP contribution is -2.12. The number of rotatable bonds is 3. The predicted molar refractivity (Wildman–Crippen MR) is 79.1 cm³/mol. The van der Waals surface area contributed by atoms with Crippen molar-refractivity contribution in [2.75, 3.05) is 0 Å². The summed E-state index contributed by atoms with van der Waals surface area (Å²) in [6.07, 6.45) is 0.687. The molecule has 5 heteroatoms. The van der Waals surface area contributed by atoms with Crippen LogP contribution in [0.4, 0.5) is 0 Å². The first-order valence-corrected chi connectivity index (χ1v) is 7.38. The van der Waals surface area contributed by atoms with Gasteiger partial charge in [-0.3, -0.25) is 0 Å². The standard InChI is InChI=1S/C12H10BrCl2NS/c13-11-5-4-10(17-11)9(16)6-7-2-1-3-8(14)12(7)15/h1-5,9H,6,16H2. The van der Waals surface area contributed by atoms with Crippen LogP contribution in [0.15, 0.2) is 34.1 Å². The van der Waals surface area contributed by atoms with E-state index in [-0.39, 0.29) is 6.04 Å². The van der Waals surface area contributed by atoms with Crippen molar-refractivity contribution in [2.45, 2.75) is 12.5 Å². The third-order valence-corrected chi connectivity index (χ3v) is 5.04. The van der Waals surface area contributed by atoms with Crippen LogP contribution in [0.5, 0.6) is 0 Å². The molecule has 0 saturated carbocycles. The lowest BCUT2D eigenvalue weighted by Gasteiger charge is -2.11. The number of hydrogen-bond acceptors (Lipinski definition) is 2. The summed E-state index contributed by atoms with van der Waals surface area (Å²) in [5, 5.41) is 1.17. The van der Waals surface area contributed by atoms with Crippen molar-refractivity contribution in [2.24, 2.45) is 5.73 Å². The van der Waals surface area contributed by atoms with E-state index in [1.54, 1.807) is 17.4 Å². The van der Waals surface area contributed by atoms with E-state index in [4.69, 9.17) is 28.9 Å². The Balaban J connectivity index is 2.18. The molecular weight excluding hydrogens is 341 g/mol. The van der Waals surface area contributed by atoms with Gasteiger partial charge in [0.15, 0.2) is 0 Å². The van der Waals surface area contributed by atoms with Crippen LogP contribution in [0.25, 0.3) is 0 Å². The highest BCUT2D eigenvalue weighted by molar-refractivity contribution is 9.11. The van der Waals surface area contributed by atoms with E-state index in [0.29, 0.717) is 16.5 Å². The Bertz CT molecular complexity index is 527. The third kappa shape index (κ3) is 3.24. The molecule has 1 nitrogen and oxygen atoms in total.